The summed E-state index contributed by atoms with van der Waals surface area (Å²) in [6.07, 6.45) is 1.50. The van der Waals surface area contributed by atoms with Crippen molar-refractivity contribution in [2.75, 3.05) is 6.61 Å². The van der Waals surface area contributed by atoms with Crippen LogP contribution in [0.15, 0.2) is 0 Å². The molecule has 3 heteroatoms. The number of nitrogens with two attached hydrogens (primary N) is 1. The standard InChI is InChI=1S/C10H19NO2/c1-4-13-9(12)5-8(11)7-6-10(7,2)3/h7-8H,4-6,11H2,1-3H3/t7?,8-/m1/s1. The molecule has 0 amide bonds. The van der Waals surface area contributed by atoms with Crippen molar-refractivity contribution in [2.24, 2.45) is 17.1 Å². The second-order valence-electron chi connectivity index (χ2n) is 4.47. The fourth-order valence-electron chi connectivity index (χ4n) is 1.79. The van der Waals surface area contributed by atoms with Gasteiger partial charge in [0.05, 0.1) is 13.0 Å². The zero-order valence-corrected chi connectivity index (χ0v) is 8.67. The highest BCUT2D eigenvalue weighted by atomic mass is 16.5. The van der Waals surface area contributed by atoms with Gasteiger partial charge in [0.15, 0.2) is 0 Å². The van der Waals surface area contributed by atoms with Crippen LogP contribution in [0.5, 0.6) is 0 Å². The molecule has 0 bridgehead atoms. The van der Waals surface area contributed by atoms with Crippen molar-refractivity contribution in [3.05, 3.63) is 0 Å². The van der Waals surface area contributed by atoms with E-state index < -0.39 is 0 Å². The van der Waals surface area contributed by atoms with E-state index in [1.54, 1.807) is 0 Å². The molecule has 13 heavy (non-hydrogen) atoms. The fraction of sp³-hybridized carbons (Fsp3) is 0.900. The molecule has 0 saturated heterocycles. The molecule has 0 radical (unpaired) electrons. The molecule has 0 aromatic carbocycles. The molecular formula is C10H19NO2. The van der Waals surface area contributed by atoms with E-state index in [4.69, 9.17) is 10.5 Å². The quantitative estimate of drug-likeness (QED) is 0.672. The Labute approximate surface area is 79.6 Å². The van der Waals surface area contributed by atoms with Crippen molar-refractivity contribution >= 4 is 5.97 Å². The van der Waals surface area contributed by atoms with E-state index in [1.165, 1.54) is 0 Å². The average Bonchev–Trinajstić information content (AvgIpc) is 2.60. The zero-order valence-electron chi connectivity index (χ0n) is 8.67. The number of hydrogen-bond donors (Lipinski definition) is 1. The zero-order chi connectivity index (χ0) is 10.1. The molecule has 1 rings (SSSR count). The molecule has 0 aliphatic heterocycles. The molecule has 3 nitrogen and oxygen atoms in total. The minimum Gasteiger partial charge on any atom is -0.466 e. The molecular weight excluding hydrogens is 166 g/mol. The topological polar surface area (TPSA) is 52.3 Å². The molecule has 1 aliphatic carbocycles. The Balaban J connectivity index is 2.26. The second kappa shape index (κ2) is 3.66. The van der Waals surface area contributed by atoms with E-state index in [1.807, 2.05) is 6.92 Å². The molecule has 0 spiro atoms. The summed E-state index contributed by atoms with van der Waals surface area (Å²) in [5.41, 5.74) is 6.22. The van der Waals surface area contributed by atoms with Crippen molar-refractivity contribution < 1.29 is 9.53 Å². The molecule has 0 aromatic rings. The van der Waals surface area contributed by atoms with Crippen LogP contribution in [0.4, 0.5) is 0 Å². The van der Waals surface area contributed by atoms with Gasteiger partial charge in [-0.3, -0.25) is 4.79 Å². The smallest absolute Gasteiger partial charge is 0.307 e. The van der Waals surface area contributed by atoms with Crippen molar-refractivity contribution in [1.29, 1.82) is 0 Å². The van der Waals surface area contributed by atoms with Crippen LogP contribution < -0.4 is 5.73 Å². The van der Waals surface area contributed by atoms with Crippen LogP contribution in [0.1, 0.15) is 33.6 Å². The van der Waals surface area contributed by atoms with Crippen LogP contribution >= 0.6 is 0 Å². The number of carbonyl (C=O) groups is 1. The van der Waals surface area contributed by atoms with Gasteiger partial charge in [0.1, 0.15) is 0 Å². The Morgan fingerprint density at radius 3 is 2.62 bits per heavy atom. The Bertz CT molecular complexity index is 201. The first-order chi connectivity index (χ1) is 5.97. The van der Waals surface area contributed by atoms with E-state index in [2.05, 4.69) is 13.8 Å². The van der Waals surface area contributed by atoms with Crippen LogP contribution in [0.25, 0.3) is 0 Å². The van der Waals surface area contributed by atoms with Gasteiger partial charge in [0.2, 0.25) is 0 Å². The van der Waals surface area contributed by atoms with Crippen molar-refractivity contribution in [3.63, 3.8) is 0 Å². The maximum absolute atomic E-state index is 11.1. The highest BCUT2D eigenvalue weighted by Gasteiger charge is 2.49. The van der Waals surface area contributed by atoms with Crippen LogP contribution in [-0.4, -0.2) is 18.6 Å². The predicted octanol–water partition coefficient (Wildman–Crippen LogP) is 1.31. The lowest BCUT2D eigenvalue weighted by Crippen LogP contribution is -2.28. The maximum Gasteiger partial charge on any atom is 0.307 e. The molecule has 2 atom stereocenters. The average molecular weight is 185 g/mol. The SMILES string of the molecule is CCOC(=O)C[C@@H](N)C1CC1(C)C. The Kier molecular flexibility index (Phi) is 2.96. The first-order valence-electron chi connectivity index (χ1n) is 4.88. The molecule has 2 N–H and O–H groups in total. The highest BCUT2D eigenvalue weighted by Crippen LogP contribution is 2.53. The molecule has 1 aliphatic rings. The summed E-state index contributed by atoms with van der Waals surface area (Å²) in [4.78, 5) is 11.1. The van der Waals surface area contributed by atoms with Gasteiger partial charge < -0.3 is 10.5 Å². The summed E-state index contributed by atoms with van der Waals surface area (Å²) in [6, 6.07) is -0.0194. The normalized spacial score (nSPS) is 26.6. The van der Waals surface area contributed by atoms with Crippen molar-refractivity contribution in [1.82, 2.24) is 0 Å². The molecule has 0 heterocycles. The number of hydrogen-bond acceptors (Lipinski definition) is 3. The summed E-state index contributed by atoms with van der Waals surface area (Å²) < 4.78 is 4.84. The summed E-state index contributed by atoms with van der Waals surface area (Å²) in [6.45, 7) is 6.62. The molecule has 1 fully saturated rings. The predicted molar refractivity (Wildman–Crippen MR) is 51.1 cm³/mol. The van der Waals surface area contributed by atoms with Gasteiger partial charge in [-0.05, 0) is 24.7 Å². The van der Waals surface area contributed by atoms with E-state index in [-0.39, 0.29) is 12.0 Å². The third kappa shape index (κ3) is 2.69. The lowest BCUT2D eigenvalue weighted by Gasteiger charge is -2.12. The van der Waals surface area contributed by atoms with Gasteiger partial charge in [-0.15, -0.1) is 0 Å². The number of ether oxygens (including phenoxy) is 1. The summed E-state index contributed by atoms with van der Waals surface area (Å²) in [7, 11) is 0. The van der Waals surface area contributed by atoms with Crippen molar-refractivity contribution in [2.45, 2.75) is 39.7 Å². The van der Waals surface area contributed by atoms with Crippen molar-refractivity contribution in [3.8, 4) is 0 Å². The van der Waals surface area contributed by atoms with E-state index in [0.29, 0.717) is 24.4 Å². The van der Waals surface area contributed by atoms with E-state index in [0.717, 1.165) is 6.42 Å². The number of carbonyl (C=O) groups excluding carboxylic acids is 1. The third-order valence-electron chi connectivity index (χ3n) is 2.81. The molecule has 1 unspecified atom stereocenters. The number of esters is 1. The van der Waals surface area contributed by atoms with Gasteiger partial charge in [-0.1, -0.05) is 13.8 Å². The van der Waals surface area contributed by atoms with Crippen LogP contribution in [0, 0.1) is 11.3 Å². The van der Waals surface area contributed by atoms with Crippen LogP contribution in [0.2, 0.25) is 0 Å². The van der Waals surface area contributed by atoms with E-state index in [9.17, 15) is 4.79 Å². The monoisotopic (exact) mass is 185 g/mol. The van der Waals surface area contributed by atoms with E-state index >= 15 is 0 Å². The second-order valence-corrected chi connectivity index (χ2v) is 4.47. The Hall–Kier alpha value is -0.570. The molecule has 1 saturated carbocycles. The number of rotatable bonds is 4. The third-order valence-corrected chi connectivity index (χ3v) is 2.81. The Morgan fingerprint density at radius 1 is 1.69 bits per heavy atom. The largest absolute Gasteiger partial charge is 0.466 e. The van der Waals surface area contributed by atoms with Gasteiger partial charge in [0, 0.05) is 6.04 Å². The molecule has 76 valence electrons. The summed E-state index contributed by atoms with van der Waals surface area (Å²) in [5, 5.41) is 0. The lowest BCUT2D eigenvalue weighted by atomic mass is 10.0. The summed E-state index contributed by atoms with van der Waals surface area (Å²) in [5.74, 6) is 0.328. The first-order valence-corrected chi connectivity index (χ1v) is 4.88. The van der Waals surface area contributed by atoms with Gasteiger partial charge in [-0.25, -0.2) is 0 Å². The first kappa shape index (κ1) is 10.5. The van der Waals surface area contributed by atoms with Gasteiger partial charge in [-0.2, -0.15) is 0 Å². The molecule has 0 aromatic heterocycles. The van der Waals surface area contributed by atoms with Gasteiger partial charge >= 0.3 is 5.97 Å². The maximum atomic E-state index is 11.1. The highest BCUT2D eigenvalue weighted by molar-refractivity contribution is 5.70. The minimum atomic E-state index is -0.169. The lowest BCUT2D eigenvalue weighted by molar-refractivity contribution is -0.143. The minimum absolute atomic E-state index is 0.0194. The van der Waals surface area contributed by atoms with Crippen LogP contribution in [0.3, 0.4) is 0 Å². The Morgan fingerprint density at radius 2 is 2.23 bits per heavy atom. The fourth-order valence-corrected chi connectivity index (χ4v) is 1.79. The van der Waals surface area contributed by atoms with Gasteiger partial charge in [0.25, 0.3) is 0 Å². The van der Waals surface area contributed by atoms with Crippen LogP contribution in [-0.2, 0) is 9.53 Å². The summed E-state index contributed by atoms with van der Waals surface area (Å²) >= 11 is 0.